The van der Waals surface area contributed by atoms with Gasteiger partial charge in [0, 0.05) is 14.0 Å². The summed E-state index contributed by atoms with van der Waals surface area (Å²) in [4.78, 5) is 17.6. The zero-order chi connectivity index (χ0) is 17.6. The molecule has 0 bridgehead atoms. The number of nitrogens with zero attached hydrogens (tertiary/aromatic N) is 3. The van der Waals surface area contributed by atoms with Crippen molar-refractivity contribution in [2.24, 2.45) is 0 Å². The molecule has 6 nitrogen and oxygen atoms in total. The van der Waals surface area contributed by atoms with Crippen LogP contribution >= 0.6 is 0 Å². The van der Waals surface area contributed by atoms with E-state index in [1.54, 1.807) is 11.9 Å². The number of rotatable bonds is 6. The van der Waals surface area contributed by atoms with Crippen LogP contribution in [0, 0.1) is 0 Å². The van der Waals surface area contributed by atoms with Crippen molar-refractivity contribution in [3.8, 4) is 0 Å². The fourth-order valence-electron chi connectivity index (χ4n) is 2.46. The molecule has 0 radical (unpaired) electrons. The van der Waals surface area contributed by atoms with Crippen molar-refractivity contribution in [3.63, 3.8) is 0 Å². The first-order valence-corrected chi connectivity index (χ1v) is 8.06. The van der Waals surface area contributed by atoms with Gasteiger partial charge in [0.1, 0.15) is 0 Å². The van der Waals surface area contributed by atoms with E-state index in [1.165, 1.54) is 6.92 Å². The maximum Gasteiger partial charge on any atom is 0.231 e. The van der Waals surface area contributed by atoms with Crippen molar-refractivity contribution < 1.29 is 9.32 Å². The molecule has 0 aliphatic carbocycles. The topological polar surface area (TPSA) is 71.3 Å². The van der Waals surface area contributed by atoms with Crippen LogP contribution in [0.4, 0.5) is 11.4 Å². The number of anilines is 2. The maximum absolute atomic E-state index is 11.6. The van der Waals surface area contributed by atoms with Crippen molar-refractivity contribution in [1.82, 2.24) is 10.1 Å². The first kappa shape index (κ1) is 16.7. The van der Waals surface area contributed by atoms with Crippen LogP contribution in [0.2, 0.25) is 0 Å². The molecule has 0 atom stereocenters. The zero-order valence-corrected chi connectivity index (χ0v) is 14.3. The Balaban J connectivity index is 1.66. The largest absolute Gasteiger partial charge is 0.376 e. The fourth-order valence-corrected chi connectivity index (χ4v) is 2.46. The molecule has 0 unspecified atom stereocenters. The Labute approximate surface area is 146 Å². The molecule has 0 spiro atoms. The van der Waals surface area contributed by atoms with Gasteiger partial charge in [0.25, 0.3) is 0 Å². The predicted molar refractivity (Wildman–Crippen MR) is 96.4 cm³/mol. The lowest BCUT2D eigenvalue weighted by atomic mass is 10.1. The minimum absolute atomic E-state index is 0.0287. The molecule has 128 valence electrons. The van der Waals surface area contributed by atoms with Crippen molar-refractivity contribution in [2.45, 2.75) is 19.9 Å². The van der Waals surface area contributed by atoms with Gasteiger partial charge in [0.05, 0.1) is 24.3 Å². The summed E-state index contributed by atoms with van der Waals surface area (Å²) in [5.41, 5.74) is 2.77. The molecule has 3 aromatic rings. The maximum atomic E-state index is 11.6. The Kier molecular flexibility index (Phi) is 5.09. The number of amides is 1. The van der Waals surface area contributed by atoms with E-state index in [-0.39, 0.29) is 5.91 Å². The molecular weight excluding hydrogens is 316 g/mol. The normalized spacial score (nSPS) is 10.5. The van der Waals surface area contributed by atoms with E-state index in [9.17, 15) is 4.79 Å². The van der Waals surface area contributed by atoms with Gasteiger partial charge in [-0.3, -0.25) is 4.79 Å². The number of nitrogens with one attached hydrogen (secondary N) is 1. The summed E-state index contributed by atoms with van der Waals surface area (Å²) in [6.45, 7) is 1.95. The molecule has 0 fully saturated rings. The quantitative estimate of drug-likeness (QED) is 0.748. The van der Waals surface area contributed by atoms with Gasteiger partial charge in [-0.05, 0) is 17.7 Å². The Morgan fingerprint density at radius 2 is 1.84 bits per heavy atom. The zero-order valence-electron chi connectivity index (χ0n) is 14.3. The summed E-state index contributed by atoms with van der Waals surface area (Å²) in [7, 11) is 1.75. The highest BCUT2D eigenvalue weighted by Crippen LogP contribution is 2.25. The molecule has 1 amide bonds. The van der Waals surface area contributed by atoms with Crippen molar-refractivity contribution in [1.29, 1.82) is 0 Å². The van der Waals surface area contributed by atoms with Gasteiger partial charge in [0.2, 0.25) is 11.8 Å². The number of carbonyl (C=O) groups is 1. The fraction of sp³-hybridized carbons (Fsp3) is 0.211. The van der Waals surface area contributed by atoms with Gasteiger partial charge >= 0.3 is 0 Å². The number of hydrogen-bond donors (Lipinski definition) is 1. The SMILES string of the molecule is CC(=O)N(C)c1ccccc1NCc1noc(Cc2ccccc2)n1. The molecule has 3 rings (SSSR count). The third-order valence-electron chi connectivity index (χ3n) is 3.88. The predicted octanol–water partition coefficient (Wildman–Crippen LogP) is 3.26. The van der Waals surface area contributed by atoms with E-state index >= 15 is 0 Å². The summed E-state index contributed by atoms with van der Waals surface area (Å²) in [6.07, 6.45) is 0.609. The monoisotopic (exact) mass is 336 g/mol. The minimum Gasteiger partial charge on any atom is -0.376 e. The van der Waals surface area contributed by atoms with E-state index in [2.05, 4.69) is 15.5 Å². The molecule has 1 heterocycles. The summed E-state index contributed by atoms with van der Waals surface area (Å²) in [5, 5.41) is 7.27. The van der Waals surface area contributed by atoms with Crippen LogP contribution in [0.1, 0.15) is 24.2 Å². The van der Waals surface area contributed by atoms with Crippen molar-refractivity contribution in [2.75, 3.05) is 17.3 Å². The lowest BCUT2D eigenvalue weighted by molar-refractivity contribution is -0.116. The molecule has 0 saturated carbocycles. The van der Waals surface area contributed by atoms with E-state index in [4.69, 9.17) is 4.52 Å². The number of benzene rings is 2. The molecule has 0 aliphatic heterocycles. The van der Waals surface area contributed by atoms with Gasteiger partial charge in [-0.15, -0.1) is 0 Å². The van der Waals surface area contributed by atoms with Gasteiger partial charge in [-0.25, -0.2) is 0 Å². The average Bonchev–Trinajstić information content (AvgIpc) is 3.07. The highest BCUT2D eigenvalue weighted by Gasteiger charge is 2.12. The van der Waals surface area contributed by atoms with Crippen LogP contribution in [0.3, 0.4) is 0 Å². The molecular formula is C19H20N4O2. The third kappa shape index (κ3) is 4.23. The average molecular weight is 336 g/mol. The van der Waals surface area contributed by atoms with E-state index in [1.807, 2.05) is 54.6 Å². The summed E-state index contributed by atoms with van der Waals surface area (Å²) < 4.78 is 5.31. The Bertz CT molecular complexity index is 845. The first-order valence-electron chi connectivity index (χ1n) is 8.06. The number of aromatic nitrogens is 2. The van der Waals surface area contributed by atoms with Gasteiger partial charge in [0.15, 0.2) is 5.82 Å². The van der Waals surface area contributed by atoms with E-state index in [0.717, 1.165) is 16.9 Å². The number of hydrogen-bond acceptors (Lipinski definition) is 5. The van der Waals surface area contributed by atoms with E-state index in [0.29, 0.717) is 24.7 Å². The summed E-state index contributed by atoms with van der Waals surface area (Å²) >= 11 is 0. The number of para-hydroxylation sites is 2. The molecule has 6 heteroatoms. The number of carbonyl (C=O) groups excluding carboxylic acids is 1. The van der Waals surface area contributed by atoms with Crippen LogP contribution in [0.25, 0.3) is 0 Å². The highest BCUT2D eigenvalue weighted by molar-refractivity contribution is 5.94. The Hall–Kier alpha value is -3.15. The summed E-state index contributed by atoms with van der Waals surface area (Å²) in [6, 6.07) is 17.6. The smallest absolute Gasteiger partial charge is 0.231 e. The van der Waals surface area contributed by atoms with Crippen molar-refractivity contribution >= 4 is 17.3 Å². The van der Waals surface area contributed by atoms with Crippen LogP contribution in [0.5, 0.6) is 0 Å². The molecule has 2 aromatic carbocycles. The molecule has 0 saturated heterocycles. The lowest BCUT2D eigenvalue weighted by Crippen LogP contribution is -2.23. The van der Waals surface area contributed by atoms with Crippen LogP contribution in [-0.4, -0.2) is 23.1 Å². The Morgan fingerprint density at radius 3 is 2.60 bits per heavy atom. The highest BCUT2D eigenvalue weighted by atomic mass is 16.5. The standard InChI is InChI=1S/C19H20N4O2/c1-14(24)23(2)17-11-7-6-10-16(17)20-13-18-21-19(25-22-18)12-15-8-4-3-5-9-15/h3-11,20H,12-13H2,1-2H3. The molecule has 1 aromatic heterocycles. The van der Waals surface area contributed by atoms with Gasteiger partial charge in [-0.1, -0.05) is 47.6 Å². The van der Waals surface area contributed by atoms with Gasteiger partial charge < -0.3 is 14.7 Å². The second-order valence-electron chi connectivity index (χ2n) is 5.72. The van der Waals surface area contributed by atoms with Gasteiger partial charge in [-0.2, -0.15) is 4.98 Å². The van der Waals surface area contributed by atoms with Crippen LogP contribution < -0.4 is 10.2 Å². The third-order valence-corrected chi connectivity index (χ3v) is 3.88. The van der Waals surface area contributed by atoms with Crippen LogP contribution in [-0.2, 0) is 17.8 Å². The first-order chi connectivity index (χ1) is 12.1. The Morgan fingerprint density at radius 1 is 1.12 bits per heavy atom. The van der Waals surface area contributed by atoms with Crippen molar-refractivity contribution in [3.05, 3.63) is 71.9 Å². The molecule has 0 aliphatic rings. The second-order valence-corrected chi connectivity index (χ2v) is 5.72. The van der Waals surface area contributed by atoms with Crippen LogP contribution in [0.15, 0.2) is 59.1 Å². The minimum atomic E-state index is -0.0287. The summed E-state index contributed by atoms with van der Waals surface area (Å²) in [5.74, 6) is 1.13. The van der Waals surface area contributed by atoms with E-state index < -0.39 is 0 Å². The molecule has 1 N–H and O–H groups in total. The molecule has 25 heavy (non-hydrogen) atoms. The second kappa shape index (κ2) is 7.61. The lowest BCUT2D eigenvalue weighted by Gasteiger charge is -2.19.